The first kappa shape index (κ1) is 16.5. The zero-order valence-corrected chi connectivity index (χ0v) is 14.0. The molecule has 0 radical (unpaired) electrons. The van der Waals surface area contributed by atoms with Crippen molar-refractivity contribution < 1.29 is 14.0 Å². The molecular weight excluding hydrogens is 344 g/mol. The number of hydrogen-bond acceptors (Lipinski definition) is 5. The van der Waals surface area contributed by atoms with Crippen LogP contribution in [0.1, 0.15) is 20.7 Å². The van der Waals surface area contributed by atoms with E-state index >= 15 is 0 Å². The molecule has 0 aliphatic carbocycles. The van der Waals surface area contributed by atoms with Gasteiger partial charge in [-0.1, -0.05) is 30.3 Å². The summed E-state index contributed by atoms with van der Waals surface area (Å²) in [6, 6.07) is 17.6. The lowest BCUT2D eigenvalue weighted by Crippen LogP contribution is -2.27. The quantitative estimate of drug-likeness (QED) is 0.548. The molecule has 132 valence electrons. The van der Waals surface area contributed by atoms with E-state index in [0.717, 1.165) is 5.39 Å². The number of amides is 2. The number of para-hydroxylation sites is 1. The summed E-state index contributed by atoms with van der Waals surface area (Å²) >= 11 is 0. The maximum Gasteiger partial charge on any atom is 0.271 e. The number of nitrogens with two attached hydrogens (primary N) is 1. The predicted octanol–water partition coefficient (Wildman–Crippen LogP) is 2.33. The molecule has 0 unspecified atom stereocenters. The molecule has 2 amide bonds. The van der Waals surface area contributed by atoms with E-state index in [1.165, 1.54) is 0 Å². The molecule has 4 aromatic rings. The molecular formula is C20H14N4O3. The molecule has 0 saturated carbocycles. The van der Waals surface area contributed by atoms with Crippen LogP contribution in [0.3, 0.4) is 0 Å². The van der Waals surface area contributed by atoms with Gasteiger partial charge in [-0.3, -0.25) is 14.6 Å². The third-order valence-electron chi connectivity index (χ3n) is 4.05. The fourth-order valence-corrected chi connectivity index (χ4v) is 2.70. The van der Waals surface area contributed by atoms with Crippen LogP contribution < -0.4 is 16.7 Å². The molecule has 0 aliphatic heterocycles. The number of fused-ring (bicyclic) bond motifs is 2. The monoisotopic (exact) mass is 358 g/mol. The number of carbonyl (C=O) groups is 2. The summed E-state index contributed by atoms with van der Waals surface area (Å²) in [7, 11) is 0. The van der Waals surface area contributed by atoms with Gasteiger partial charge in [0.15, 0.2) is 0 Å². The van der Waals surface area contributed by atoms with E-state index in [1.807, 2.05) is 18.2 Å². The number of aromatic nitrogens is 1. The molecule has 0 bridgehead atoms. The van der Waals surface area contributed by atoms with Crippen LogP contribution in [0.15, 0.2) is 76.4 Å². The van der Waals surface area contributed by atoms with E-state index in [1.54, 1.807) is 48.7 Å². The Balaban J connectivity index is 1.71. The fraction of sp³-hybridized carbons (Fsp3) is 0. The average molecular weight is 358 g/mol. The molecule has 2 aromatic carbocycles. The summed E-state index contributed by atoms with van der Waals surface area (Å²) in [6.07, 6.45) is 1.65. The molecule has 2 aromatic heterocycles. The van der Waals surface area contributed by atoms with E-state index in [2.05, 4.69) is 15.5 Å². The van der Waals surface area contributed by atoms with Crippen LogP contribution in [-0.4, -0.2) is 16.8 Å². The van der Waals surface area contributed by atoms with Crippen LogP contribution in [0.5, 0.6) is 0 Å². The maximum atomic E-state index is 12.4. The highest BCUT2D eigenvalue weighted by Gasteiger charge is 2.10. The van der Waals surface area contributed by atoms with Gasteiger partial charge in [0.1, 0.15) is 11.1 Å². The Bertz CT molecular complexity index is 1260. The van der Waals surface area contributed by atoms with Crippen molar-refractivity contribution in [1.29, 1.82) is 0 Å². The highest BCUT2D eigenvalue weighted by Crippen LogP contribution is 2.14. The van der Waals surface area contributed by atoms with Crippen LogP contribution in [0.4, 0.5) is 0 Å². The summed E-state index contributed by atoms with van der Waals surface area (Å²) in [5.41, 5.74) is 9.41. The maximum absolute atomic E-state index is 12.4. The van der Waals surface area contributed by atoms with E-state index in [4.69, 9.17) is 10.2 Å². The van der Waals surface area contributed by atoms with Crippen molar-refractivity contribution in [2.24, 2.45) is 10.8 Å². The molecule has 2 heterocycles. The van der Waals surface area contributed by atoms with E-state index in [-0.39, 0.29) is 11.1 Å². The van der Waals surface area contributed by atoms with Gasteiger partial charge in [-0.2, -0.15) is 0 Å². The number of primary amides is 1. The highest BCUT2D eigenvalue weighted by atomic mass is 16.3. The van der Waals surface area contributed by atoms with Crippen molar-refractivity contribution in [2.75, 3.05) is 0 Å². The summed E-state index contributed by atoms with van der Waals surface area (Å²) < 4.78 is 5.62. The topological polar surface area (TPSA) is 111 Å². The van der Waals surface area contributed by atoms with E-state index in [0.29, 0.717) is 22.0 Å². The molecule has 7 heteroatoms. The van der Waals surface area contributed by atoms with Crippen molar-refractivity contribution in [3.8, 4) is 0 Å². The van der Waals surface area contributed by atoms with Crippen molar-refractivity contribution in [2.45, 2.75) is 0 Å². The van der Waals surface area contributed by atoms with E-state index < -0.39 is 11.8 Å². The third kappa shape index (κ3) is 3.25. The minimum atomic E-state index is -0.701. The standard InChI is InChI=1S/C20H14N4O3/c21-18(25)15-10-13-4-1-2-6-17(13)27-20(15)24-23-19(26)14-8-7-12-5-3-9-22-16(12)11-14/h1-11H,(H2,21,25)(H,23,26). The van der Waals surface area contributed by atoms with Gasteiger partial charge >= 0.3 is 0 Å². The Morgan fingerprint density at radius 1 is 1.00 bits per heavy atom. The number of nitrogens with one attached hydrogen (secondary N) is 1. The first-order chi connectivity index (χ1) is 13.1. The van der Waals surface area contributed by atoms with Gasteiger partial charge in [-0.05, 0) is 30.3 Å². The molecule has 0 spiro atoms. The lowest BCUT2D eigenvalue weighted by molar-refractivity contribution is 0.0946. The number of pyridine rings is 1. The summed E-state index contributed by atoms with van der Waals surface area (Å²) in [6.45, 7) is 0. The zero-order chi connectivity index (χ0) is 18.8. The van der Waals surface area contributed by atoms with Crippen LogP contribution >= 0.6 is 0 Å². The lowest BCUT2D eigenvalue weighted by Gasteiger charge is -2.03. The Labute approximate surface area is 153 Å². The normalized spacial score (nSPS) is 11.6. The van der Waals surface area contributed by atoms with Gasteiger partial charge in [-0.25, -0.2) is 5.43 Å². The number of carbonyl (C=O) groups excluding carboxylic acids is 2. The molecule has 0 fully saturated rings. The van der Waals surface area contributed by atoms with Gasteiger partial charge < -0.3 is 10.2 Å². The molecule has 0 atom stereocenters. The predicted molar refractivity (Wildman–Crippen MR) is 99.5 cm³/mol. The number of nitrogens with zero attached hydrogens (tertiary/aromatic N) is 2. The highest BCUT2D eigenvalue weighted by molar-refractivity contribution is 5.98. The first-order valence-corrected chi connectivity index (χ1v) is 8.13. The van der Waals surface area contributed by atoms with E-state index in [9.17, 15) is 9.59 Å². The molecule has 27 heavy (non-hydrogen) atoms. The zero-order valence-electron chi connectivity index (χ0n) is 14.0. The smallest absolute Gasteiger partial charge is 0.271 e. The van der Waals surface area contributed by atoms with Crippen molar-refractivity contribution in [1.82, 2.24) is 10.4 Å². The molecule has 7 nitrogen and oxygen atoms in total. The largest absolute Gasteiger partial charge is 0.436 e. The van der Waals surface area contributed by atoms with Gasteiger partial charge in [0.2, 0.25) is 5.55 Å². The van der Waals surface area contributed by atoms with Crippen molar-refractivity contribution in [3.63, 3.8) is 0 Å². The fourth-order valence-electron chi connectivity index (χ4n) is 2.70. The van der Waals surface area contributed by atoms with Crippen LogP contribution in [-0.2, 0) is 0 Å². The second-order valence-corrected chi connectivity index (χ2v) is 5.83. The van der Waals surface area contributed by atoms with Crippen LogP contribution in [0, 0.1) is 0 Å². The number of benzene rings is 2. The third-order valence-corrected chi connectivity index (χ3v) is 4.05. The Kier molecular flexibility index (Phi) is 4.10. The van der Waals surface area contributed by atoms with Gasteiger partial charge in [0.25, 0.3) is 11.8 Å². The molecule has 0 saturated heterocycles. The molecule has 4 rings (SSSR count). The van der Waals surface area contributed by atoms with Gasteiger partial charge in [-0.15, -0.1) is 5.10 Å². The number of hydrogen-bond donors (Lipinski definition) is 2. The minimum absolute atomic E-state index is 0.0616. The first-order valence-electron chi connectivity index (χ1n) is 8.13. The Hall–Kier alpha value is -4.00. The Morgan fingerprint density at radius 3 is 2.67 bits per heavy atom. The van der Waals surface area contributed by atoms with Gasteiger partial charge in [0.05, 0.1) is 5.52 Å². The summed E-state index contributed by atoms with van der Waals surface area (Å²) in [5, 5.41) is 5.57. The molecule has 0 aliphatic rings. The second-order valence-electron chi connectivity index (χ2n) is 5.83. The van der Waals surface area contributed by atoms with Crippen molar-refractivity contribution in [3.05, 3.63) is 83.5 Å². The van der Waals surface area contributed by atoms with Gasteiger partial charge in [0, 0.05) is 22.5 Å². The summed E-state index contributed by atoms with van der Waals surface area (Å²) in [5.74, 6) is -1.16. The SMILES string of the molecule is NC(=O)c1cc2ccccc2oc1=NNC(=O)c1ccc2cccnc2c1. The van der Waals surface area contributed by atoms with Crippen molar-refractivity contribution >= 4 is 33.7 Å². The Morgan fingerprint density at radius 2 is 1.81 bits per heavy atom. The lowest BCUT2D eigenvalue weighted by atomic mass is 10.1. The molecule has 3 N–H and O–H groups in total. The minimum Gasteiger partial charge on any atom is -0.436 e. The second kappa shape index (κ2) is 6.72. The number of rotatable bonds is 3. The van der Waals surface area contributed by atoms with Crippen LogP contribution in [0.2, 0.25) is 0 Å². The summed E-state index contributed by atoms with van der Waals surface area (Å²) in [4.78, 5) is 28.3. The average Bonchev–Trinajstić information content (AvgIpc) is 2.70. The van der Waals surface area contributed by atoms with Crippen LogP contribution in [0.25, 0.3) is 21.9 Å².